The number of benzene rings is 1. The van der Waals surface area contributed by atoms with Gasteiger partial charge in [0, 0.05) is 43.7 Å². The summed E-state index contributed by atoms with van der Waals surface area (Å²) in [6, 6.07) is 10.6. The molecule has 0 radical (unpaired) electrons. The number of likely N-dealkylation sites (tertiary alicyclic amines) is 1. The predicted octanol–water partition coefficient (Wildman–Crippen LogP) is 2.49. The number of halogens is 1. The van der Waals surface area contributed by atoms with Crippen LogP contribution < -0.4 is 9.64 Å². The van der Waals surface area contributed by atoms with Crippen molar-refractivity contribution in [3.05, 3.63) is 47.0 Å². The van der Waals surface area contributed by atoms with Gasteiger partial charge in [-0.05, 0) is 30.3 Å². The normalized spacial score (nSPS) is 17.0. The first kappa shape index (κ1) is 16.5. The second-order valence-corrected chi connectivity index (χ2v) is 6.35. The molecule has 126 valence electrons. The number of carbonyl (C=O) groups excluding carboxylic acids is 1. The molecule has 2 heterocycles. The number of hydrogen-bond acceptors (Lipinski definition) is 5. The number of anilines is 1. The fourth-order valence-corrected chi connectivity index (χ4v) is 2.70. The lowest BCUT2D eigenvalue weighted by Gasteiger charge is -2.17. The summed E-state index contributed by atoms with van der Waals surface area (Å²) in [5, 5.41) is 8.78. The standard InChI is InChI=1S/C17H19ClN4O2/c1-21(2)15-7-8-16(20-19-15)24-14-9-10-22(11-14)17(23)12-3-5-13(18)6-4-12/h3-8,14H,9-11H2,1-2H3. The first-order valence-electron chi connectivity index (χ1n) is 7.75. The van der Waals surface area contributed by atoms with Crippen LogP contribution in [0.3, 0.4) is 0 Å². The molecule has 1 aliphatic heterocycles. The van der Waals surface area contributed by atoms with Gasteiger partial charge in [-0.2, -0.15) is 0 Å². The van der Waals surface area contributed by atoms with Crippen molar-refractivity contribution < 1.29 is 9.53 Å². The quantitative estimate of drug-likeness (QED) is 0.851. The summed E-state index contributed by atoms with van der Waals surface area (Å²) in [7, 11) is 3.81. The fraction of sp³-hybridized carbons (Fsp3) is 0.353. The van der Waals surface area contributed by atoms with E-state index in [2.05, 4.69) is 10.2 Å². The first-order chi connectivity index (χ1) is 11.5. The Morgan fingerprint density at radius 3 is 2.58 bits per heavy atom. The molecule has 7 heteroatoms. The lowest BCUT2D eigenvalue weighted by Crippen LogP contribution is -2.31. The van der Waals surface area contributed by atoms with Gasteiger partial charge in [0.05, 0.1) is 6.54 Å². The number of aromatic nitrogens is 2. The second-order valence-electron chi connectivity index (χ2n) is 5.91. The summed E-state index contributed by atoms with van der Waals surface area (Å²) in [5.74, 6) is 1.24. The monoisotopic (exact) mass is 346 g/mol. The van der Waals surface area contributed by atoms with Crippen molar-refractivity contribution in [2.24, 2.45) is 0 Å². The fourth-order valence-electron chi connectivity index (χ4n) is 2.57. The molecule has 1 fully saturated rings. The molecule has 24 heavy (non-hydrogen) atoms. The molecule has 6 nitrogen and oxygen atoms in total. The molecule has 1 aromatic heterocycles. The Morgan fingerprint density at radius 1 is 1.21 bits per heavy atom. The number of hydrogen-bond donors (Lipinski definition) is 0. The summed E-state index contributed by atoms with van der Waals surface area (Å²) in [6.45, 7) is 1.20. The highest BCUT2D eigenvalue weighted by atomic mass is 35.5. The van der Waals surface area contributed by atoms with E-state index in [-0.39, 0.29) is 12.0 Å². The third kappa shape index (κ3) is 3.76. The molecular weight excluding hydrogens is 328 g/mol. The maximum atomic E-state index is 12.5. The topological polar surface area (TPSA) is 58.6 Å². The van der Waals surface area contributed by atoms with Gasteiger partial charge in [0.1, 0.15) is 6.10 Å². The SMILES string of the molecule is CN(C)c1ccc(OC2CCN(C(=O)c3ccc(Cl)cc3)C2)nn1. The zero-order chi connectivity index (χ0) is 17.1. The summed E-state index contributed by atoms with van der Waals surface area (Å²) in [4.78, 5) is 16.1. The lowest BCUT2D eigenvalue weighted by molar-refractivity contribution is 0.0771. The Labute approximate surface area is 146 Å². The molecule has 1 aliphatic rings. The zero-order valence-corrected chi connectivity index (χ0v) is 14.4. The average molecular weight is 347 g/mol. The van der Waals surface area contributed by atoms with Crippen LogP contribution in [0.4, 0.5) is 5.82 Å². The number of carbonyl (C=O) groups is 1. The highest BCUT2D eigenvalue weighted by Gasteiger charge is 2.28. The Balaban J connectivity index is 1.58. The van der Waals surface area contributed by atoms with Gasteiger partial charge in [-0.15, -0.1) is 10.2 Å². The van der Waals surface area contributed by atoms with Crippen LogP contribution >= 0.6 is 11.6 Å². The molecule has 0 saturated carbocycles. The van der Waals surface area contributed by atoms with Crippen molar-refractivity contribution >= 4 is 23.3 Å². The van der Waals surface area contributed by atoms with E-state index in [0.717, 1.165) is 12.2 Å². The lowest BCUT2D eigenvalue weighted by atomic mass is 10.2. The number of nitrogens with zero attached hydrogens (tertiary/aromatic N) is 4. The highest BCUT2D eigenvalue weighted by molar-refractivity contribution is 6.30. The van der Waals surface area contributed by atoms with Crippen molar-refractivity contribution in [1.82, 2.24) is 15.1 Å². The molecule has 1 aromatic carbocycles. The average Bonchev–Trinajstić information content (AvgIpc) is 3.04. The van der Waals surface area contributed by atoms with Crippen LogP contribution in [0.25, 0.3) is 0 Å². The van der Waals surface area contributed by atoms with Crippen LogP contribution in [0.2, 0.25) is 5.02 Å². The van der Waals surface area contributed by atoms with E-state index in [1.54, 1.807) is 35.2 Å². The van der Waals surface area contributed by atoms with Crippen LogP contribution in [-0.2, 0) is 0 Å². The minimum absolute atomic E-state index is 0.00759. The molecule has 1 unspecified atom stereocenters. The molecule has 1 atom stereocenters. The second kappa shape index (κ2) is 7.05. The van der Waals surface area contributed by atoms with Gasteiger partial charge < -0.3 is 14.5 Å². The van der Waals surface area contributed by atoms with Gasteiger partial charge in [-0.25, -0.2) is 0 Å². The third-order valence-corrected chi connectivity index (χ3v) is 4.15. The van der Waals surface area contributed by atoms with Gasteiger partial charge in [0.2, 0.25) is 5.88 Å². The zero-order valence-electron chi connectivity index (χ0n) is 13.6. The van der Waals surface area contributed by atoms with Crippen LogP contribution in [0.15, 0.2) is 36.4 Å². The maximum Gasteiger partial charge on any atom is 0.253 e. The summed E-state index contributed by atoms with van der Waals surface area (Å²) >= 11 is 5.86. The van der Waals surface area contributed by atoms with Crippen LogP contribution in [-0.4, -0.2) is 54.3 Å². The molecule has 2 aromatic rings. The number of ether oxygens (including phenoxy) is 1. The molecule has 0 N–H and O–H groups in total. The maximum absolute atomic E-state index is 12.5. The summed E-state index contributed by atoms with van der Waals surface area (Å²) in [5.41, 5.74) is 0.634. The molecule has 0 spiro atoms. The Bertz CT molecular complexity index is 704. The highest BCUT2D eigenvalue weighted by Crippen LogP contribution is 2.20. The molecular formula is C17H19ClN4O2. The van der Waals surface area contributed by atoms with Gasteiger partial charge >= 0.3 is 0 Å². The molecule has 0 bridgehead atoms. The van der Waals surface area contributed by atoms with E-state index < -0.39 is 0 Å². The van der Waals surface area contributed by atoms with Gasteiger partial charge in [0.15, 0.2) is 5.82 Å². The largest absolute Gasteiger partial charge is 0.471 e. The van der Waals surface area contributed by atoms with Crippen molar-refractivity contribution in [1.29, 1.82) is 0 Å². The smallest absolute Gasteiger partial charge is 0.253 e. The van der Waals surface area contributed by atoms with Gasteiger partial charge in [-0.3, -0.25) is 4.79 Å². The Morgan fingerprint density at radius 2 is 1.96 bits per heavy atom. The summed E-state index contributed by atoms with van der Waals surface area (Å²) in [6.07, 6.45) is 0.706. The molecule has 0 aliphatic carbocycles. The number of amides is 1. The summed E-state index contributed by atoms with van der Waals surface area (Å²) < 4.78 is 5.84. The van der Waals surface area contributed by atoms with E-state index in [9.17, 15) is 4.79 Å². The molecule has 3 rings (SSSR count). The molecule has 1 amide bonds. The molecule has 1 saturated heterocycles. The van der Waals surface area contributed by atoms with E-state index in [1.807, 2.05) is 25.1 Å². The van der Waals surface area contributed by atoms with Crippen LogP contribution in [0.5, 0.6) is 5.88 Å². The van der Waals surface area contributed by atoms with Crippen LogP contribution in [0, 0.1) is 0 Å². The van der Waals surface area contributed by atoms with E-state index in [0.29, 0.717) is 29.6 Å². The predicted molar refractivity (Wildman–Crippen MR) is 92.7 cm³/mol. The van der Waals surface area contributed by atoms with Crippen molar-refractivity contribution in [2.75, 3.05) is 32.1 Å². The Kier molecular flexibility index (Phi) is 4.85. The van der Waals surface area contributed by atoms with Crippen molar-refractivity contribution in [3.63, 3.8) is 0 Å². The third-order valence-electron chi connectivity index (χ3n) is 3.90. The first-order valence-corrected chi connectivity index (χ1v) is 8.13. The number of rotatable bonds is 4. The van der Waals surface area contributed by atoms with E-state index >= 15 is 0 Å². The van der Waals surface area contributed by atoms with Gasteiger partial charge in [0.25, 0.3) is 5.91 Å². The van der Waals surface area contributed by atoms with Crippen molar-refractivity contribution in [3.8, 4) is 5.88 Å². The van der Waals surface area contributed by atoms with Gasteiger partial charge in [-0.1, -0.05) is 11.6 Å². The van der Waals surface area contributed by atoms with E-state index in [4.69, 9.17) is 16.3 Å². The minimum atomic E-state index is -0.0687. The van der Waals surface area contributed by atoms with E-state index in [1.165, 1.54) is 0 Å². The Hall–Kier alpha value is -2.34. The van der Waals surface area contributed by atoms with Crippen molar-refractivity contribution in [2.45, 2.75) is 12.5 Å². The minimum Gasteiger partial charge on any atom is -0.471 e. The van der Waals surface area contributed by atoms with Crippen LogP contribution in [0.1, 0.15) is 16.8 Å².